The Morgan fingerprint density at radius 2 is 1.87 bits per heavy atom. The van der Waals surface area contributed by atoms with Crippen LogP contribution >= 0.6 is 0 Å². The molecule has 0 radical (unpaired) electrons. The Bertz CT molecular complexity index is 1090. The van der Waals surface area contributed by atoms with E-state index in [0.717, 1.165) is 23.3 Å². The lowest BCUT2D eigenvalue weighted by Gasteiger charge is -2.25. The van der Waals surface area contributed by atoms with Crippen LogP contribution in [-0.2, 0) is 9.59 Å². The third-order valence-corrected chi connectivity index (χ3v) is 5.16. The number of aromatic hydroxyl groups is 1. The first-order valence-electron chi connectivity index (χ1n) is 9.50. The number of aliphatic hydroxyl groups is 1. The molecule has 2 N–H and O–H groups in total. The standard InChI is InChI=1S/C22H22N2O6/c1-4-9-23-19(14-7-8-17(25)16(11-14)24(29)30)18(21(27)22(23)28)20(26)15-10-12(2)5-6-13(15)3/h5-8,10-11,19,25-26H,4,9H2,1-3H3/b20-18+. The zero-order valence-electron chi connectivity index (χ0n) is 16.9. The lowest BCUT2D eigenvalue weighted by atomic mass is 9.93. The van der Waals surface area contributed by atoms with Crippen LogP contribution in [-0.4, -0.2) is 38.3 Å². The third kappa shape index (κ3) is 3.52. The van der Waals surface area contributed by atoms with Gasteiger partial charge in [0.2, 0.25) is 0 Å². The van der Waals surface area contributed by atoms with E-state index in [2.05, 4.69) is 0 Å². The number of ketones is 1. The van der Waals surface area contributed by atoms with Crippen LogP contribution in [0.5, 0.6) is 5.75 Å². The number of hydrogen-bond acceptors (Lipinski definition) is 6. The quantitative estimate of drug-likeness (QED) is 0.255. The molecule has 0 spiro atoms. The van der Waals surface area contributed by atoms with Crippen molar-refractivity contribution in [3.05, 3.63) is 74.3 Å². The maximum absolute atomic E-state index is 12.9. The number of carbonyl (C=O) groups is 2. The minimum atomic E-state index is -0.996. The number of aliphatic hydroxyl groups excluding tert-OH is 1. The topological polar surface area (TPSA) is 121 Å². The molecule has 3 rings (SSSR count). The summed E-state index contributed by atoms with van der Waals surface area (Å²) in [6, 6.07) is 8.08. The van der Waals surface area contributed by atoms with Crippen LogP contribution in [0.3, 0.4) is 0 Å². The zero-order chi connectivity index (χ0) is 22.2. The molecule has 1 unspecified atom stereocenters. The van der Waals surface area contributed by atoms with Crippen molar-refractivity contribution in [3.63, 3.8) is 0 Å². The minimum absolute atomic E-state index is 0.123. The molecule has 1 atom stereocenters. The third-order valence-electron chi connectivity index (χ3n) is 5.16. The number of phenolic OH excluding ortho intramolecular Hbond substituents is 1. The van der Waals surface area contributed by atoms with E-state index in [1.54, 1.807) is 19.1 Å². The van der Waals surface area contributed by atoms with Gasteiger partial charge in [-0.3, -0.25) is 19.7 Å². The second kappa shape index (κ2) is 7.98. The summed E-state index contributed by atoms with van der Waals surface area (Å²) >= 11 is 0. The van der Waals surface area contributed by atoms with Crippen LogP contribution in [0.2, 0.25) is 0 Å². The van der Waals surface area contributed by atoms with E-state index in [0.29, 0.717) is 12.0 Å². The van der Waals surface area contributed by atoms with Crippen LogP contribution in [0.25, 0.3) is 5.76 Å². The average molecular weight is 410 g/mol. The number of benzene rings is 2. The molecule has 1 heterocycles. The van der Waals surface area contributed by atoms with Crippen molar-refractivity contribution in [2.24, 2.45) is 0 Å². The van der Waals surface area contributed by atoms with Gasteiger partial charge in [-0.25, -0.2) is 0 Å². The lowest BCUT2D eigenvalue weighted by Crippen LogP contribution is -2.30. The average Bonchev–Trinajstić information content (AvgIpc) is 2.95. The van der Waals surface area contributed by atoms with Gasteiger partial charge in [0.25, 0.3) is 11.7 Å². The van der Waals surface area contributed by atoms with Crippen LogP contribution in [0.4, 0.5) is 5.69 Å². The molecule has 0 bridgehead atoms. The molecule has 0 aromatic heterocycles. The lowest BCUT2D eigenvalue weighted by molar-refractivity contribution is -0.385. The minimum Gasteiger partial charge on any atom is -0.507 e. The number of aryl methyl sites for hydroxylation is 2. The van der Waals surface area contributed by atoms with Gasteiger partial charge in [-0.1, -0.05) is 30.7 Å². The van der Waals surface area contributed by atoms with Crippen molar-refractivity contribution in [2.45, 2.75) is 33.2 Å². The summed E-state index contributed by atoms with van der Waals surface area (Å²) in [4.78, 5) is 37.4. The molecule has 2 aromatic rings. The fraction of sp³-hybridized carbons (Fsp3) is 0.273. The van der Waals surface area contributed by atoms with Crippen LogP contribution in [0, 0.1) is 24.0 Å². The van der Waals surface area contributed by atoms with Gasteiger partial charge in [-0.2, -0.15) is 0 Å². The second-order valence-electron chi connectivity index (χ2n) is 7.32. The number of phenols is 1. The molecule has 2 aromatic carbocycles. The summed E-state index contributed by atoms with van der Waals surface area (Å²) < 4.78 is 0. The highest BCUT2D eigenvalue weighted by molar-refractivity contribution is 6.46. The first-order valence-corrected chi connectivity index (χ1v) is 9.50. The number of amides is 1. The molecule has 8 heteroatoms. The van der Waals surface area contributed by atoms with Gasteiger partial charge in [0.15, 0.2) is 5.75 Å². The van der Waals surface area contributed by atoms with Gasteiger partial charge in [-0.05, 0) is 43.5 Å². The number of Topliss-reactive ketones (excluding diaryl/α,β-unsaturated/α-hetero) is 1. The van der Waals surface area contributed by atoms with E-state index in [-0.39, 0.29) is 23.4 Å². The number of carbonyl (C=O) groups excluding carboxylic acids is 2. The molecule has 0 saturated carbocycles. The van der Waals surface area contributed by atoms with Gasteiger partial charge < -0.3 is 15.1 Å². The first kappa shape index (κ1) is 21.0. The Balaban J connectivity index is 2.28. The number of rotatable bonds is 5. The van der Waals surface area contributed by atoms with Crippen molar-refractivity contribution < 1.29 is 24.7 Å². The van der Waals surface area contributed by atoms with Crippen molar-refractivity contribution >= 4 is 23.1 Å². The predicted octanol–water partition coefficient (Wildman–Crippen LogP) is 3.75. The van der Waals surface area contributed by atoms with Gasteiger partial charge >= 0.3 is 5.69 Å². The van der Waals surface area contributed by atoms with Gasteiger partial charge in [0.1, 0.15) is 5.76 Å². The van der Waals surface area contributed by atoms with E-state index < -0.39 is 34.1 Å². The summed E-state index contributed by atoms with van der Waals surface area (Å²) in [5.74, 6) is -2.47. The van der Waals surface area contributed by atoms with E-state index in [1.807, 2.05) is 19.9 Å². The zero-order valence-corrected chi connectivity index (χ0v) is 16.9. The number of nitrogens with zero attached hydrogens (tertiary/aromatic N) is 2. The highest BCUT2D eigenvalue weighted by Gasteiger charge is 2.46. The molecule has 1 aliphatic heterocycles. The molecular formula is C22H22N2O6. The smallest absolute Gasteiger partial charge is 0.311 e. The molecule has 0 aliphatic carbocycles. The van der Waals surface area contributed by atoms with Crippen LogP contribution < -0.4 is 0 Å². The Morgan fingerprint density at radius 3 is 2.50 bits per heavy atom. The fourth-order valence-electron chi connectivity index (χ4n) is 3.69. The SMILES string of the molecule is CCCN1C(=O)C(=O)/C(=C(/O)c2cc(C)ccc2C)C1c1ccc(O)c([N+](=O)[O-])c1. The summed E-state index contributed by atoms with van der Waals surface area (Å²) in [6.45, 7) is 5.68. The van der Waals surface area contributed by atoms with Gasteiger partial charge in [0.05, 0.1) is 16.5 Å². The Kier molecular flexibility index (Phi) is 5.60. The molecule has 156 valence electrons. The molecule has 1 saturated heterocycles. The van der Waals surface area contributed by atoms with Crippen molar-refractivity contribution in [2.75, 3.05) is 6.54 Å². The molecule has 1 aliphatic rings. The maximum atomic E-state index is 12.9. The van der Waals surface area contributed by atoms with Gasteiger partial charge in [-0.15, -0.1) is 0 Å². The monoisotopic (exact) mass is 410 g/mol. The van der Waals surface area contributed by atoms with Crippen molar-refractivity contribution in [1.29, 1.82) is 0 Å². The summed E-state index contributed by atoms with van der Waals surface area (Å²) in [6.07, 6.45) is 0.549. The number of nitro groups is 1. The van der Waals surface area contributed by atoms with Crippen LogP contribution in [0.1, 0.15) is 41.6 Å². The highest BCUT2D eigenvalue weighted by Crippen LogP contribution is 2.42. The number of likely N-dealkylation sites (tertiary alicyclic amines) is 1. The summed E-state index contributed by atoms with van der Waals surface area (Å²) in [7, 11) is 0. The Labute approximate surface area is 173 Å². The first-order chi connectivity index (χ1) is 14.2. The van der Waals surface area contributed by atoms with Gasteiger partial charge in [0, 0.05) is 18.2 Å². The Morgan fingerprint density at radius 1 is 1.17 bits per heavy atom. The van der Waals surface area contributed by atoms with Crippen molar-refractivity contribution in [1.82, 2.24) is 4.90 Å². The number of nitro benzene ring substituents is 1. The Hall–Kier alpha value is -3.68. The summed E-state index contributed by atoms with van der Waals surface area (Å²) in [5, 5.41) is 32.1. The molecular weight excluding hydrogens is 388 g/mol. The van der Waals surface area contributed by atoms with Crippen LogP contribution in [0.15, 0.2) is 42.0 Å². The fourth-order valence-corrected chi connectivity index (χ4v) is 3.69. The van der Waals surface area contributed by atoms with E-state index in [4.69, 9.17) is 0 Å². The predicted molar refractivity (Wildman–Crippen MR) is 110 cm³/mol. The van der Waals surface area contributed by atoms with E-state index in [9.17, 15) is 29.9 Å². The molecule has 30 heavy (non-hydrogen) atoms. The molecule has 8 nitrogen and oxygen atoms in total. The number of hydrogen-bond donors (Lipinski definition) is 2. The van der Waals surface area contributed by atoms with E-state index in [1.165, 1.54) is 11.0 Å². The largest absolute Gasteiger partial charge is 0.507 e. The van der Waals surface area contributed by atoms with E-state index >= 15 is 0 Å². The maximum Gasteiger partial charge on any atom is 0.311 e. The highest BCUT2D eigenvalue weighted by atomic mass is 16.6. The normalized spacial score (nSPS) is 18.1. The van der Waals surface area contributed by atoms with Crippen molar-refractivity contribution in [3.8, 4) is 5.75 Å². The second-order valence-corrected chi connectivity index (χ2v) is 7.32. The summed E-state index contributed by atoms with van der Waals surface area (Å²) in [5.41, 5.74) is 1.60. The molecule has 1 amide bonds. The molecule has 1 fully saturated rings.